The second kappa shape index (κ2) is 6.95. The van der Waals surface area contributed by atoms with Crippen LogP contribution in [0.25, 0.3) is 11.0 Å². The van der Waals surface area contributed by atoms with Crippen LogP contribution in [0.4, 0.5) is 10.3 Å². The summed E-state index contributed by atoms with van der Waals surface area (Å²) in [5, 5.41) is 42.4. The number of aromatic amines is 1. The summed E-state index contributed by atoms with van der Waals surface area (Å²) in [5.41, 5.74) is 5.58. The molecule has 2 aliphatic heterocycles. The third-order valence-corrected chi connectivity index (χ3v) is 6.03. The minimum absolute atomic E-state index is 0.0547. The van der Waals surface area contributed by atoms with Gasteiger partial charge in [0.25, 0.3) is 5.56 Å². The van der Waals surface area contributed by atoms with Crippen LogP contribution >= 0.6 is 0 Å². The van der Waals surface area contributed by atoms with Crippen LogP contribution in [0.1, 0.15) is 11.8 Å². The molecule has 164 valence electrons. The largest absolute Gasteiger partial charge is 0.394 e. The third kappa shape index (κ3) is 2.85. The van der Waals surface area contributed by atoms with Gasteiger partial charge < -0.3 is 45.5 Å². The van der Waals surface area contributed by atoms with E-state index in [-0.39, 0.29) is 29.6 Å². The van der Waals surface area contributed by atoms with Crippen molar-refractivity contribution in [1.29, 1.82) is 0 Å². The molecular weight excluding hydrogens is 405 g/mol. The Morgan fingerprint density at radius 2 is 2.00 bits per heavy atom. The minimum atomic E-state index is -1.87. The van der Waals surface area contributed by atoms with Crippen LogP contribution in [0.3, 0.4) is 0 Å². The van der Waals surface area contributed by atoms with Crippen molar-refractivity contribution in [1.82, 2.24) is 19.9 Å². The molecule has 2 saturated heterocycles. The molecule has 13 heteroatoms. The van der Waals surface area contributed by atoms with Crippen LogP contribution in [0, 0.1) is 0 Å². The molecule has 0 aromatic carbocycles. The number of nitrogens with zero attached hydrogens (tertiary/aromatic N) is 2. The lowest BCUT2D eigenvalue weighted by molar-refractivity contribution is -0.0458. The molecule has 4 heterocycles. The number of anilines is 1. The molecule has 0 amide bonds. The number of aromatic nitrogens is 3. The van der Waals surface area contributed by atoms with E-state index < -0.39 is 61.1 Å². The number of hydrogen-bond donors (Lipinski definition) is 7. The lowest BCUT2D eigenvalue weighted by atomic mass is 10.1. The lowest BCUT2D eigenvalue weighted by Crippen LogP contribution is -2.44. The van der Waals surface area contributed by atoms with Gasteiger partial charge in [0.15, 0.2) is 18.0 Å². The second-order valence-corrected chi connectivity index (χ2v) is 7.85. The van der Waals surface area contributed by atoms with Crippen molar-refractivity contribution in [2.24, 2.45) is 0 Å². The average molecular weight is 427 g/mol. The Balaban J connectivity index is 1.49. The van der Waals surface area contributed by atoms with E-state index in [0.717, 1.165) is 0 Å². The fourth-order valence-electron chi connectivity index (χ4n) is 4.42. The van der Waals surface area contributed by atoms with E-state index in [1.54, 1.807) is 0 Å². The molecule has 1 aliphatic carbocycles. The first-order valence-corrected chi connectivity index (χ1v) is 9.54. The number of alkyl halides is 1. The molecule has 1 saturated carbocycles. The number of aliphatic hydroxyl groups excluding tert-OH is 4. The zero-order valence-corrected chi connectivity index (χ0v) is 15.6. The van der Waals surface area contributed by atoms with Crippen LogP contribution in [0.15, 0.2) is 11.0 Å². The number of fused-ring (bicyclic) bond motifs is 2. The van der Waals surface area contributed by atoms with Crippen LogP contribution in [-0.4, -0.2) is 90.4 Å². The summed E-state index contributed by atoms with van der Waals surface area (Å²) in [6.45, 7) is -0.499. The summed E-state index contributed by atoms with van der Waals surface area (Å²) in [4.78, 5) is 19.0. The molecule has 0 bridgehead atoms. The molecule has 2 aromatic heterocycles. The first-order chi connectivity index (χ1) is 14.3. The Morgan fingerprint density at radius 1 is 1.23 bits per heavy atom. The SMILES string of the molecule is Nc1nc2c(c(CNC3C(O)C(O)C4OC34)cn2[C@@H]2O[C@H](CO)C(O)[C@@H]2F)c(=O)[nH]1. The summed E-state index contributed by atoms with van der Waals surface area (Å²) >= 11 is 0. The lowest BCUT2D eigenvalue weighted by Gasteiger charge is -2.20. The second-order valence-electron chi connectivity index (χ2n) is 7.85. The van der Waals surface area contributed by atoms with Crippen molar-refractivity contribution >= 4 is 17.0 Å². The minimum Gasteiger partial charge on any atom is -0.394 e. The maximum absolute atomic E-state index is 14.7. The quantitative estimate of drug-likeness (QED) is 0.240. The Labute approximate surface area is 168 Å². The number of halogens is 1. The van der Waals surface area contributed by atoms with Crippen LogP contribution in [0.2, 0.25) is 0 Å². The number of nitrogens with one attached hydrogen (secondary N) is 2. The summed E-state index contributed by atoms with van der Waals surface area (Å²) in [6.07, 6.45) is -7.17. The summed E-state index contributed by atoms with van der Waals surface area (Å²) in [6, 6.07) is -0.540. The highest BCUT2D eigenvalue weighted by molar-refractivity contribution is 5.80. The smallest absolute Gasteiger partial charge is 0.262 e. The number of hydrogen-bond acceptors (Lipinski definition) is 10. The summed E-state index contributed by atoms with van der Waals surface area (Å²) in [7, 11) is 0. The number of rotatable bonds is 5. The molecule has 30 heavy (non-hydrogen) atoms. The molecule has 2 aromatic rings. The molecule has 6 unspecified atom stereocenters. The fourth-order valence-corrected chi connectivity index (χ4v) is 4.42. The molecule has 9 atom stereocenters. The van der Waals surface area contributed by atoms with E-state index in [1.807, 2.05) is 0 Å². The number of ether oxygens (including phenoxy) is 2. The molecule has 12 nitrogen and oxygen atoms in total. The van der Waals surface area contributed by atoms with Crippen LogP contribution < -0.4 is 16.6 Å². The number of epoxide rings is 1. The predicted octanol–water partition coefficient (Wildman–Crippen LogP) is -3.14. The normalized spacial score (nSPS) is 40.2. The maximum Gasteiger partial charge on any atom is 0.262 e. The number of nitrogen functional groups attached to an aromatic ring is 1. The van der Waals surface area contributed by atoms with Gasteiger partial charge in [-0.3, -0.25) is 9.78 Å². The van der Waals surface area contributed by atoms with Crippen molar-refractivity contribution in [3.63, 3.8) is 0 Å². The van der Waals surface area contributed by atoms with Crippen LogP contribution in [0.5, 0.6) is 0 Å². The molecule has 5 rings (SSSR count). The molecule has 8 N–H and O–H groups in total. The van der Waals surface area contributed by atoms with Gasteiger partial charge in [0.05, 0.1) is 18.0 Å². The monoisotopic (exact) mass is 427 g/mol. The van der Waals surface area contributed by atoms with Gasteiger partial charge >= 0.3 is 0 Å². The molecule has 3 fully saturated rings. The van der Waals surface area contributed by atoms with E-state index in [9.17, 15) is 29.6 Å². The van der Waals surface area contributed by atoms with Crippen molar-refractivity contribution in [3.8, 4) is 0 Å². The van der Waals surface area contributed by atoms with E-state index in [4.69, 9.17) is 15.2 Å². The molecular formula is C17H22FN5O7. The number of nitrogens with two attached hydrogens (primary N) is 1. The topological polar surface area (TPSA) is 191 Å². The fraction of sp³-hybridized carbons (Fsp3) is 0.647. The van der Waals surface area contributed by atoms with Crippen LogP contribution in [-0.2, 0) is 16.0 Å². The highest BCUT2D eigenvalue weighted by atomic mass is 19.1. The van der Waals surface area contributed by atoms with E-state index >= 15 is 0 Å². The molecule has 3 aliphatic rings. The van der Waals surface area contributed by atoms with Gasteiger partial charge in [-0.25, -0.2) is 4.39 Å². The first-order valence-electron chi connectivity index (χ1n) is 9.54. The first kappa shape index (κ1) is 19.8. The molecule has 0 spiro atoms. The maximum atomic E-state index is 14.7. The third-order valence-electron chi connectivity index (χ3n) is 6.03. The number of H-pyrrole nitrogens is 1. The standard InChI is InChI=1S/C17H22FN5O7/c18-7-9(25)5(3-24)29-16(7)23-2-4(6-14(23)21-17(19)22-15(6)28)1-20-8-10(26)11(27)13-12(8)30-13/h2,5,7-13,16,20,24-27H,1,3H2,(H3,19,21,22,28)/t5-,7+,8?,9?,10?,11?,12?,13?,16-/m1/s1. The van der Waals surface area contributed by atoms with Gasteiger partial charge in [0, 0.05) is 12.7 Å². The van der Waals surface area contributed by atoms with Crippen molar-refractivity contribution in [2.75, 3.05) is 12.3 Å². The van der Waals surface area contributed by atoms with Crippen molar-refractivity contribution < 1.29 is 34.3 Å². The Kier molecular flexibility index (Phi) is 4.59. The molecule has 0 radical (unpaired) electrons. The number of aliphatic hydroxyl groups is 4. The Bertz CT molecular complexity index is 1030. The van der Waals surface area contributed by atoms with Crippen molar-refractivity contribution in [3.05, 3.63) is 22.1 Å². The average Bonchev–Trinajstić information content (AvgIpc) is 3.26. The van der Waals surface area contributed by atoms with Crippen molar-refractivity contribution in [2.45, 2.75) is 61.6 Å². The van der Waals surface area contributed by atoms with Gasteiger partial charge in [-0.15, -0.1) is 0 Å². The zero-order chi connectivity index (χ0) is 21.3. The van der Waals surface area contributed by atoms with E-state index in [2.05, 4.69) is 15.3 Å². The summed E-state index contributed by atoms with van der Waals surface area (Å²) < 4.78 is 26.7. The Hall–Kier alpha value is -2.13. The van der Waals surface area contributed by atoms with E-state index in [0.29, 0.717) is 5.56 Å². The van der Waals surface area contributed by atoms with Gasteiger partial charge in [-0.05, 0) is 5.56 Å². The highest BCUT2D eigenvalue weighted by Gasteiger charge is 2.61. The highest BCUT2D eigenvalue weighted by Crippen LogP contribution is 2.39. The zero-order valence-electron chi connectivity index (χ0n) is 15.6. The van der Waals surface area contributed by atoms with Gasteiger partial charge in [0.1, 0.15) is 36.6 Å². The van der Waals surface area contributed by atoms with E-state index in [1.165, 1.54) is 10.8 Å². The Morgan fingerprint density at radius 3 is 2.63 bits per heavy atom. The van der Waals surface area contributed by atoms with Gasteiger partial charge in [0.2, 0.25) is 5.95 Å². The predicted molar refractivity (Wildman–Crippen MR) is 98.0 cm³/mol. The van der Waals surface area contributed by atoms with Gasteiger partial charge in [-0.1, -0.05) is 0 Å². The van der Waals surface area contributed by atoms with Gasteiger partial charge in [-0.2, -0.15) is 4.98 Å². The summed E-state index contributed by atoms with van der Waals surface area (Å²) in [5.74, 6) is -0.178.